The Labute approximate surface area is 239 Å². The highest BCUT2D eigenvalue weighted by Gasteiger charge is 2.24. The fourth-order valence-electron chi connectivity index (χ4n) is 5.57. The molecule has 2 fully saturated rings. The van der Waals surface area contributed by atoms with Gasteiger partial charge in [-0.1, -0.05) is 17.7 Å². The first kappa shape index (κ1) is 28.4. The lowest BCUT2D eigenvalue weighted by molar-refractivity contribution is -0.135. The number of carbonyl (C=O) groups is 1. The van der Waals surface area contributed by atoms with Crippen LogP contribution in [0, 0.1) is 19.7 Å². The zero-order valence-electron chi connectivity index (χ0n) is 23.2. The van der Waals surface area contributed by atoms with Crippen molar-refractivity contribution in [1.82, 2.24) is 30.0 Å². The number of hydrogen-bond acceptors (Lipinski definition) is 7. The third kappa shape index (κ3) is 7.16. The molecule has 214 valence electrons. The molecule has 1 amide bonds. The molecule has 0 bridgehead atoms. The van der Waals surface area contributed by atoms with Crippen molar-refractivity contribution < 1.29 is 13.9 Å². The van der Waals surface area contributed by atoms with E-state index in [2.05, 4.69) is 37.3 Å². The van der Waals surface area contributed by atoms with Gasteiger partial charge in [-0.15, -0.1) is 0 Å². The maximum atomic E-state index is 15.3. The van der Waals surface area contributed by atoms with Crippen LogP contribution in [0.3, 0.4) is 0 Å². The summed E-state index contributed by atoms with van der Waals surface area (Å²) in [4.78, 5) is 25.6. The van der Waals surface area contributed by atoms with E-state index in [0.29, 0.717) is 66.7 Å². The number of aromatic nitrogens is 4. The van der Waals surface area contributed by atoms with Crippen LogP contribution in [0.4, 0.5) is 16.0 Å². The van der Waals surface area contributed by atoms with Crippen molar-refractivity contribution in [2.24, 2.45) is 0 Å². The van der Waals surface area contributed by atoms with Crippen molar-refractivity contribution >= 4 is 29.1 Å². The van der Waals surface area contributed by atoms with Crippen molar-refractivity contribution in [3.8, 4) is 0 Å². The maximum Gasteiger partial charge on any atom is 0.222 e. The molecule has 2 aromatic heterocycles. The van der Waals surface area contributed by atoms with E-state index >= 15 is 4.39 Å². The number of aromatic amines is 1. The zero-order chi connectivity index (χ0) is 28.1. The Morgan fingerprint density at radius 3 is 2.67 bits per heavy atom. The molecular weight excluding hydrogens is 533 g/mol. The van der Waals surface area contributed by atoms with Crippen molar-refractivity contribution in [3.63, 3.8) is 0 Å². The van der Waals surface area contributed by atoms with Crippen molar-refractivity contribution in [2.75, 3.05) is 51.3 Å². The fraction of sp³-hybridized carbons (Fsp3) is 0.517. The van der Waals surface area contributed by atoms with Crippen LogP contribution in [-0.2, 0) is 16.0 Å². The minimum Gasteiger partial charge on any atom is -0.378 e. The van der Waals surface area contributed by atoms with Crippen LogP contribution in [0.1, 0.15) is 59.8 Å². The molecule has 0 radical (unpaired) electrons. The minimum atomic E-state index is -0.236. The van der Waals surface area contributed by atoms with Crippen molar-refractivity contribution in [1.29, 1.82) is 0 Å². The number of benzene rings is 1. The highest BCUT2D eigenvalue weighted by atomic mass is 35.5. The summed E-state index contributed by atoms with van der Waals surface area (Å²) < 4.78 is 20.6. The van der Waals surface area contributed by atoms with Gasteiger partial charge in [0, 0.05) is 37.7 Å². The van der Waals surface area contributed by atoms with E-state index in [1.807, 2.05) is 24.0 Å². The Hall–Kier alpha value is -3.08. The number of nitrogens with one attached hydrogen (secondary N) is 2. The number of hydrogen-bond donors (Lipinski definition) is 2. The second-order valence-electron chi connectivity index (χ2n) is 10.7. The average Bonchev–Trinajstić information content (AvgIpc) is 3.37. The van der Waals surface area contributed by atoms with E-state index < -0.39 is 0 Å². The van der Waals surface area contributed by atoms with Crippen LogP contribution < -0.4 is 5.32 Å². The summed E-state index contributed by atoms with van der Waals surface area (Å²) in [5, 5.41) is 10.5. The molecule has 40 heavy (non-hydrogen) atoms. The van der Waals surface area contributed by atoms with Crippen LogP contribution in [-0.4, -0.2) is 81.8 Å². The lowest BCUT2D eigenvalue weighted by Crippen LogP contribution is -2.41. The first-order valence-corrected chi connectivity index (χ1v) is 14.4. The number of likely N-dealkylation sites (tertiary alicyclic amines) is 1. The van der Waals surface area contributed by atoms with Gasteiger partial charge in [-0.25, -0.2) is 14.4 Å². The Kier molecular flexibility index (Phi) is 9.29. The third-order valence-electron chi connectivity index (χ3n) is 7.79. The summed E-state index contributed by atoms with van der Waals surface area (Å²) in [6, 6.07) is 5.47. The maximum absolute atomic E-state index is 15.3. The fourth-order valence-corrected chi connectivity index (χ4v) is 5.71. The van der Waals surface area contributed by atoms with Gasteiger partial charge in [-0.05, 0) is 81.4 Å². The summed E-state index contributed by atoms with van der Waals surface area (Å²) in [6.07, 6.45) is 5.22. The number of halogens is 2. The topological polar surface area (TPSA) is 99.3 Å². The molecule has 1 aromatic carbocycles. The smallest absolute Gasteiger partial charge is 0.222 e. The molecule has 0 unspecified atom stereocenters. The molecule has 11 heteroatoms. The second-order valence-corrected chi connectivity index (χ2v) is 11.1. The van der Waals surface area contributed by atoms with Gasteiger partial charge in [0.25, 0.3) is 0 Å². The van der Waals surface area contributed by atoms with Gasteiger partial charge in [0.2, 0.25) is 5.91 Å². The highest BCUT2D eigenvalue weighted by Crippen LogP contribution is 2.32. The number of H-pyrrole nitrogens is 1. The number of morpholine rings is 1. The largest absolute Gasteiger partial charge is 0.378 e. The van der Waals surface area contributed by atoms with E-state index in [4.69, 9.17) is 16.3 Å². The Morgan fingerprint density at radius 2 is 1.95 bits per heavy atom. The Morgan fingerprint density at radius 1 is 1.18 bits per heavy atom. The predicted octanol–water partition coefficient (Wildman–Crippen LogP) is 4.76. The quantitative estimate of drug-likeness (QED) is 0.383. The lowest BCUT2D eigenvalue weighted by Gasteiger charge is -2.33. The van der Waals surface area contributed by atoms with Gasteiger partial charge < -0.3 is 19.9 Å². The monoisotopic (exact) mass is 569 g/mol. The van der Waals surface area contributed by atoms with Gasteiger partial charge in [-0.2, -0.15) is 5.10 Å². The normalized spacial score (nSPS) is 16.9. The van der Waals surface area contributed by atoms with Gasteiger partial charge in [-0.3, -0.25) is 9.89 Å². The summed E-state index contributed by atoms with van der Waals surface area (Å²) in [6.45, 7) is 9.49. The summed E-state index contributed by atoms with van der Waals surface area (Å²) >= 11 is 6.28. The number of aryl methyl sites for hydroxylation is 2. The molecule has 2 aliphatic rings. The summed E-state index contributed by atoms with van der Waals surface area (Å²) in [7, 11) is 0. The molecule has 0 aliphatic carbocycles. The van der Waals surface area contributed by atoms with Crippen LogP contribution >= 0.6 is 11.6 Å². The molecule has 2 saturated heterocycles. The molecule has 2 N–H and O–H groups in total. The zero-order valence-corrected chi connectivity index (χ0v) is 23.9. The number of rotatable bonds is 9. The van der Waals surface area contributed by atoms with Crippen LogP contribution in [0.5, 0.6) is 0 Å². The molecule has 5 rings (SSSR count). The average molecular weight is 570 g/mol. The number of amides is 1. The highest BCUT2D eigenvalue weighted by molar-refractivity contribution is 6.32. The Balaban J connectivity index is 1.14. The van der Waals surface area contributed by atoms with E-state index in [9.17, 15) is 4.79 Å². The number of ether oxygens (including phenoxy) is 1. The Bertz CT molecular complexity index is 1320. The van der Waals surface area contributed by atoms with Crippen molar-refractivity contribution in [2.45, 2.75) is 51.9 Å². The van der Waals surface area contributed by atoms with E-state index in [1.165, 1.54) is 6.20 Å². The van der Waals surface area contributed by atoms with E-state index in [0.717, 1.165) is 55.7 Å². The van der Waals surface area contributed by atoms with Crippen molar-refractivity contribution in [3.05, 3.63) is 63.4 Å². The van der Waals surface area contributed by atoms with Crippen LogP contribution in [0.2, 0.25) is 5.02 Å². The van der Waals surface area contributed by atoms with Gasteiger partial charge in [0.05, 0.1) is 19.4 Å². The molecule has 0 atom stereocenters. The molecule has 2 aliphatic heterocycles. The molecule has 0 saturated carbocycles. The van der Waals surface area contributed by atoms with Crippen LogP contribution in [0.25, 0.3) is 0 Å². The number of piperidine rings is 1. The first-order valence-electron chi connectivity index (χ1n) is 14.0. The molecular formula is C29H37ClFN7O2. The minimum absolute atomic E-state index is 0.230. The van der Waals surface area contributed by atoms with Gasteiger partial charge in [0.15, 0.2) is 11.6 Å². The number of nitrogens with zero attached hydrogens (tertiary/aromatic N) is 5. The molecule has 3 aromatic rings. The van der Waals surface area contributed by atoms with Gasteiger partial charge >= 0.3 is 0 Å². The SMILES string of the molecule is Cc1cc(Nc2nc(Cc3cc(C)c(C4CCN(CCCC(=O)N5CCOCC5)CC4)cc3F)ncc2Cl)n[nH]1. The lowest BCUT2D eigenvalue weighted by atomic mass is 9.85. The number of anilines is 2. The predicted molar refractivity (Wildman–Crippen MR) is 153 cm³/mol. The molecule has 9 nitrogen and oxygen atoms in total. The molecule has 0 spiro atoms. The second kappa shape index (κ2) is 13.1. The van der Waals surface area contributed by atoms with E-state index in [-0.39, 0.29) is 18.1 Å². The first-order chi connectivity index (χ1) is 19.4. The standard InChI is InChI=1S/C29H37ClFN7O2/c1-19-14-22(16-26-32-18-24(30)29(33-26)34-27-15-20(2)35-36-27)25(31)17-23(19)21-5-8-37(9-6-21)7-3-4-28(39)38-10-12-40-13-11-38/h14-15,17-18,21H,3-13,16H2,1-2H3,(H2,32,33,34,35,36). The third-order valence-corrected chi connectivity index (χ3v) is 8.06. The molecule has 4 heterocycles. The van der Waals surface area contributed by atoms with Gasteiger partial charge in [0.1, 0.15) is 16.7 Å². The van der Waals surface area contributed by atoms with E-state index in [1.54, 1.807) is 6.07 Å². The number of carbonyl (C=O) groups excluding carboxylic acids is 1. The van der Waals surface area contributed by atoms with Crippen LogP contribution in [0.15, 0.2) is 24.4 Å². The summed E-state index contributed by atoms with van der Waals surface area (Å²) in [5.41, 5.74) is 3.64. The summed E-state index contributed by atoms with van der Waals surface area (Å²) in [5.74, 6) is 1.83.